The van der Waals surface area contributed by atoms with E-state index in [0.717, 1.165) is 43.1 Å². The molecule has 0 aromatic carbocycles. The lowest BCUT2D eigenvalue weighted by molar-refractivity contribution is 0.112. The van der Waals surface area contributed by atoms with Crippen LogP contribution in [0.4, 0.5) is 5.69 Å². The Morgan fingerprint density at radius 1 is 1.27 bits per heavy atom. The molecule has 1 saturated heterocycles. The van der Waals surface area contributed by atoms with Gasteiger partial charge in [-0.3, -0.25) is 4.90 Å². The number of hydrogen-bond donors (Lipinski definition) is 2. The third-order valence-electron chi connectivity index (χ3n) is 5.76. The summed E-state index contributed by atoms with van der Waals surface area (Å²) in [6, 6.07) is 7.92. The van der Waals surface area contributed by atoms with E-state index in [-0.39, 0.29) is 0 Å². The second-order valence-corrected chi connectivity index (χ2v) is 8.96. The molecule has 0 radical (unpaired) electrons. The molecule has 0 amide bonds. The number of nitrogens with one attached hydrogen (secondary N) is 1. The van der Waals surface area contributed by atoms with Gasteiger partial charge in [0, 0.05) is 30.5 Å². The maximum atomic E-state index is 5.67. The number of fused-ring (bicyclic) bond motifs is 1. The van der Waals surface area contributed by atoms with Gasteiger partial charge in [-0.25, -0.2) is 9.97 Å². The van der Waals surface area contributed by atoms with Crippen LogP contribution in [0.3, 0.4) is 0 Å². The van der Waals surface area contributed by atoms with Crippen LogP contribution in [0.25, 0.3) is 0 Å². The van der Waals surface area contributed by atoms with Crippen LogP contribution in [0.5, 0.6) is 17.5 Å². The Hall–Kier alpha value is -2.19. The summed E-state index contributed by atoms with van der Waals surface area (Å²) in [7, 11) is 1.64. The predicted molar refractivity (Wildman–Crippen MR) is 120 cm³/mol. The molecule has 1 fully saturated rings. The molecule has 0 unspecified atom stereocenters. The lowest BCUT2D eigenvalue weighted by atomic mass is 9.95. The van der Waals surface area contributed by atoms with Crippen molar-refractivity contribution in [2.45, 2.75) is 31.6 Å². The molecule has 30 heavy (non-hydrogen) atoms. The normalized spacial score (nSPS) is 21.0. The molecule has 162 valence electrons. The Morgan fingerprint density at radius 2 is 2.10 bits per heavy atom. The Morgan fingerprint density at radius 3 is 2.93 bits per heavy atom. The van der Waals surface area contributed by atoms with Gasteiger partial charge in [-0.05, 0) is 57.4 Å². The molecule has 1 N–H and O–H groups in total. The number of ether oxygens (including phenoxy) is 3. The van der Waals surface area contributed by atoms with Gasteiger partial charge in [-0.2, -0.15) is 12.6 Å². The maximum Gasteiger partial charge on any atom is 0.257 e. The van der Waals surface area contributed by atoms with Crippen molar-refractivity contribution >= 4 is 18.3 Å². The van der Waals surface area contributed by atoms with Crippen molar-refractivity contribution in [3.05, 3.63) is 35.7 Å². The zero-order valence-corrected chi connectivity index (χ0v) is 18.7. The monoisotopic (exact) mass is 430 g/mol. The van der Waals surface area contributed by atoms with Gasteiger partial charge in [-0.1, -0.05) is 0 Å². The molecule has 2 aromatic rings. The number of aryl methyl sites for hydroxylation is 1. The molecule has 2 aromatic heterocycles. The topological polar surface area (TPSA) is 68.7 Å². The van der Waals surface area contributed by atoms with Gasteiger partial charge >= 0.3 is 0 Å². The van der Waals surface area contributed by atoms with Gasteiger partial charge in [0.25, 0.3) is 5.88 Å². The summed E-state index contributed by atoms with van der Waals surface area (Å²) in [6.07, 6.45) is 2.31. The third-order valence-corrected chi connectivity index (χ3v) is 6.27. The van der Waals surface area contributed by atoms with Gasteiger partial charge in [0.2, 0.25) is 5.88 Å². The zero-order valence-electron chi connectivity index (χ0n) is 17.9. The van der Waals surface area contributed by atoms with Gasteiger partial charge < -0.3 is 19.5 Å². The van der Waals surface area contributed by atoms with Crippen molar-refractivity contribution in [2.24, 2.45) is 5.92 Å². The van der Waals surface area contributed by atoms with Crippen molar-refractivity contribution in [1.82, 2.24) is 14.9 Å². The number of rotatable bonds is 6. The predicted octanol–water partition coefficient (Wildman–Crippen LogP) is 3.49. The lowest BCUT2D eigenvalue weighted by Gasteiger charge is -2.42. The molecule has 0 saturated carbocycles. The fourth-order valence-corrected chi connectivity index (χ4v) is 4.40. The molecule has 8 heteroatoms. The van der Waals surface area contributed by atoms with E-state index in [1.54, 1.807) is 7.11 Å². The molecule has 2 atom stereocenters. The number of anilines is 1. The van der Waals surface area contributed by atoms with Crippen molar-refractivity contribution in [1.29, 1.82) is 0 Å². The average Bonchev–Trinajstić information content (AvgIpc) is 2.77. The van der Waals surface area contributed by atoms with E-state index in [9.17, 15) is 0 Å². The van der Waals surface area contributed by atoms with Crippen molar-refractivity contribution < 1.29 is 14.2 Å². The maximum absolute atomic E-state index is 5.67. The van der Waals surface area contributed by atoms with Crippen LogP contribution >= 0.6 is 12.6 Å². The van der Waals surface area contributed by atoms with Gasteiger partial charge in [0.15, 0.2) is 5.75 Å². The van der Waals surface area contributed by atoms with Crippen LogP contribution in [0.1, 0.15) is 31.2 Å². The average molecular weight is 431 g/mol. The van der Waals surface area contributed by atoms with E-state index in [0.29, 0.717) is 36.6 Å². The summed E-state index contributed by atoms with van der Waals surface area (Å²) in [6.45, 7) is 8.02. The van der Waals surface area contributed by atoms with Gasteiger partial charge in [-0.15, -0.1) is 0 Å². The molecule has 4 heterocycles. The lowest BCUT2D eigenvalue weighted by Crippen LogP contribution is -2.47. The largest absolute Gasteiger partial charge is 0.484 e. The highest BCUT2D eigenvalue weighted by molar-refractivity contribution is 7.81. The molecule has 0 spiro atoms. The van der Waals surface area contributed by atoms with Crippen LogP contribution in [0.15, 0.2) is 24.3 Å². The van der Waals surface area contributed by atoms with Gasteiger partial charge in [0.1, 0.15) is 18.1 Å². The van der Waals surface area contributed by atoms with Crippen LogP contribution in [-0.2, 0) is 4.87 Å². The highest BCUT2D eigenvalue weighted by Gasteiger charge is 2.35. The number of likely N-dealkylation sites (tertiary alicyclic amines) is 1. The first-order valence-corrected chi connectivity index (χ1v) is 10.9. The minimum atomic E-state index is -0.481. The number of pyridine rings is 2. The first-order chi connectivity index (χ1) is 14.5. The Bertz CT molecular complexity index is 893. The van der Waals surface area contributed by atoms with Crippen LogP contribution in [-0.4, -0.2) is 54.8 Å². The Kier molecular flexibility index (Phi) is 6.24. The fourth-order valence-electron chi connectivity index (χ4n) is 4.09. The first-order valence-electron chi connectivity index (χ1n) is 10.5. The van der Waals surface area contributed by atoms with Crippen molar-refractivity contribution in [3.63, 3.8) is 0 Å². The molecule has 2 aliphatic rings. The van der Waals surface area contributed by atoms with E-state index in [1.807, 2.05) is 31.2 Å². The molecule has 0 bridgehead atoms. The molecule has 0 aliphatic carbocycles. The number of piperidine rings is 1. The third kappa shape index (κ3) is 4.59. The second kappa shape index (κ2) is 8.89. The number of aromatic nitrogens is 2. The van der Waals surface area contributed by atoms with E-state index < -0.39 is 4.87 Å². The van der Waals surface area contributed by atoms with Crippen molar-refractivity contribution in [3.8, 4) is 17.5 Å². The number of methoxy groups -OCH3 is 1. The summed E-state index contributed by atoms with van der Waals surface area (Å²) in [5.41, 5.74) is 2.87. The van der Waals surface area contributed by atoms with E-state index in [1.165, 1.54) is 6.42 Å². The Labute approximate surface area is 183 Å². The summed E-state index contributed by atoms with van der Waals surface area (Å²) in [4.78, 5) is 11.0. The number of hydrogen-bond acceptors (Lipinski definition) is 8. The fraction of sp³-hybridized carbons (Fsp3) is 0.545. The molecule has 2 aliphatic heterocycles. The minimum Gasteiger partial charge on any atom is -0.484 e. The highest BCUT2D eigenvalue weighted by atomic mass is 32.1. The van der Waals surface area contributed by atoms with Crippen LogP contribution in [0.2, 0.25) is 0 Å². The molecule has 4 rings (SSSR count). The van der Waals surface area contributed by atoms with Gasteiger partial charge in [0.05, 0.1) is 12.8 Å². The zero-order chi connectivity index (χ0) is 21.1. The summed E-state index contributed by atoms with van der Waals surface area (Å²) in [5.74, 6) is 2.42. The molecule has 7 nitrogen and oxygen atoms in total. The quantitative estimate of drug-likeness (QED) is 0.680. The second-order valence-electron chi connectivity index (χ2n) is 8.09. The summed E-state index contributed by atoms with van der Waals surface area (Å²) < 4.78 is 16.6. The highest BCUT2D eigenvalue weighted by Crippen LogP contribution is 2.38. The Balaban J connectivity index is 1.42. The smallest absolute Gasteiger partial charge is 0.257 e. The number of thiol groups is 1. The molecular weight excluding hydrogens is 400 g/mol. The van der Waals surface area contributed by atoms with E-state index in [4.69, 9.17) is 31.8 Å². The standard InChI is InChI=1S/C22H30N4O3S/c1-15-11-17(12-20(24-15)27-3)23-13-16-5-4-8-26(14-16)22(2,30)19-7-6-18-21(25-19)29-10-9-28-18/h6-7,11-12,16,30H,4-5,8-10,13-14H2,1-3H3,(H,23,24)/t16-,22-/m1/s1. The van der Waals surface area contributed by atoms with E-state index >= 15 is 0 Å². The minimum absolute atomic E-state index is 0.481. The number of nitrogens with zero attached hydrogens (tertiary/aromatic N) is 3. The van der Waals surface area contributed by atoms with Crippen molar-refractivity contribution in [2.75, 3.05) is 45.3 Å². The SMILES string of the molecule is COc1cc(NC[C@H]2CCCN([C@](C)(S)c3ccc4c(n3)OCCO4)C2)cc(C)n1. The van der Waals surface area contributed by atoms with Crippen LogP contribution in [0, 0.1) is 12.8 Å². The van der Waals surface area contributed by atoms with Crippen LogP contribution < -0.4 is 19.5 Å². The molecular formula is C22H30N4O3S. The summed E-state index contributed by atoms with van der Waals surface area (Å²) >= 11 is 5.03. The first kappa shape index (κ1) is 21.1. The van der Waals surface area contributed by atoms with E-state index in [2.05, 4.69) is 22.1 Å². The summed E-state index contributed by atoms with van der Waals surface area (Å²) in [5, 5.41) is 3.56.